The second kappa shape index (κ2) is 6.31. The normalized spacial score (nSPS) is 17.4. The first kappa shape index (κ1) is 13.5. The van der Waals surface area contributed by atoms with Crippen molar-refractivity contribution in [1.29, 1.82) is 0 Å². The van der Waals surface area contributed by atoms with E-state index >= 15 is 0 Å². The van der Waals surface area contributed by atoms with Gasteiger partial charge in [0.1, 0.15) is 0 Å². The molecular weight excluding hydrogens is 246 g/mol. The Balaban J connectivity index is 2.03. The summed E-state index contributed by atoms with van der Waals surface area (Å²) in [6.07, 6.45) is 5.28. The molecule has 2 heterocycles. The van der Waals surface area contributed by atoms with Crippen LogP contribution in [0.25, 0.3) is 0 Å². The van der Waals surface area contributed by atoms with Crippen molar-refractivity contribution in [3.63, 3.8) is 0 Å². The molecule has 0 aliphatic carbocycles. The number of hydrogen-bond donors (Lipinski definition) is 2. The number of likely N-dealkylation sites (tertiary alicyclic amines) is 1. The summed E-state index contributed by atoms with van der Waals surface area (Å²) in [6.45, 7) is 5.38. The second-order valence-electron chi connectivity index (χ2n) is 4.86. The maximum absolute atomic E-state index is 11.5. The highest BCUT2D eigenvalue weighted by Gasteiger charge is 2.15. The summed E-state index contributed by atoms with van der Waals surface area (Å²) in [7, 11) is 0. The van der Waals surface area contributed by atoms with Gasteiger partial charge in [-0.25, -0.2) is 5.84 Å². The van der Waals surface area contributed by atoms with E-state index < -0.39 is 0 Å². The first-order valence-corrected chi connectivity index (χ1v) is 7.35. The molecule has 1 amide bonds. The van der Waals surface area contributed by atoms with Crippen LogP contribution in [-0.2, 0) is 6.54 Å². The van der Waals surface area contributed by atoms with E-state index in [4.69, 9.17) is 5.84 Å². The van der Waals surface area contributed by atoms with E-state index in [1.807, 2.05) is 6.07 Å². The lowest BCUT2D eigenvalue weighted by Gasteiger charge is -2.19. The zero-order valence-corrected chi connectivity index (χ0v) is 11.7. The molecule has 0 spiro atoms. The third kappa shape index (κ3) is 3.31. The van der Waals surface area contributed by atoms with E-state index in [1.165, 1.54) is 60.6 Å². The summed E-state index contributed by atoms with van der Waals surface area (Å²) in [5.41, 5.74) is 3.46. The average Bonchev–Trinajstić information content (AvgIpc) is 2.58. The van der Waals surface area contributed by atoms with E-state index in [9.17, 15) is 4.79 Å². The fourth-order valence-corrected chi connectivity index (χ4v) is 3.33. The summed E-state index contributed by atoms with van der Waals surface area (Å²) < 4.78 is 0. The zero-order valence-electron chi connectivity index (χ0n) is 10.9. The van der Waals surface area contributed by atoms with Crippen LogP contribution in [0.5, 0.6) is 0 Å². The maximum Gasteiger partial charge on any atom is 0.275 e. The quantitative estimate of drug-likeness (QED) is 0.500. The van der Waals surface area contributed by atoms with Gasteiger partial charge in [0, 0.05) is 11.4 Å². The smallest absolute Gasteiger partial charge is 0.275 e. The Morgan fingerprint density at radius 2 is 2.06 bits per heavy atom. The number of amides is 1. The van der Waals surface area contributed by atoms with Gasteiger partial charge < -0.3 is 0 Å². The molecule has 0 unspecified atom stereocenters. The first-order chi connectivity index (χ1) is 8.70. The lowest BCUT2D eigenvalue weighted by atomic mass is 10.2. The van der Waals surface area contributed by atoms with Crippen molar-refractivity contribution in [3.8, 4) is 0 Å². The standard InChI is InChI=1S/C13H21N3OS/c1-10-11(8-12(18-10)13(17)15-14)9-16-6-4-2-3-5-7-16/h8H,2-7,9,14H2,1H3,(H,15,17). The topological polar surface area (TPSA) is 58.4 Å². The average molecular weight is 267 g/mol. The molecule has 100 valence electrons. The van der Waals surface area contributed by atoms with Crippen LogP contribution in [0.15, 0.2) is 6.07 Å². The van der Waals surface area contributed by atoms with Gasteiger partial charge in [-0.2, -0.15) is 0 Å². The minimum atomic E-state index is -0.190. The van der Waals surface area contributed by atoms with Gasteiger partial charge in [0.05, 0.1) is 4.88 Å². The Morgan fingerprint density at radius 1 is 1.39 bits per heavy atom. The van der Waals surface area contributed by atoms with E-state index in [-0.39, 0.29) is 5.91 Å². The van der Waals surface area contributed by atoms with Crippen molar-refractivity contribution < 1.29 is 4.79 Å². The van der Waals surface area contributed by atoms with Crippen LogP contribution >= 0.6 is 11.3 Å². The summed E-state index contributed by atoms with van der Waals surface area (Å²) in [5, 5.41) is 0. The van der Waals surface area contributed by atoms with Gasteiger partial charge in [0.25, 0.3) is 5.91 Å². The number of nitrogens with zero attached hydrogens (tertiary/aromatic N) is 1. The van der Waals surface area contributed by atoms with Gasteiger partial charge >= 0.3 is 0 Å². The van der Waals surface area contributed by atoms with E-state index in [2.05, 4.69) is 17.2 Å². The summed E-state index contributed by atoms with van der Waals surface area (Å²) in [4.78, 5) is 15.9. The van der Waals surface area contributed by atoms with Crippen LogP contribution in [-0.4, -0.2) is 23.9 Å². The van der Waals surface area contributed by atoms with Gasteiger partial charge in [0.2, 0.25) is 0 Å². The Hall–Kier alpha value is -0.910. The number of hydrogen-bond acceptors (Lipinski definition) is 4. The van der Waals surface area contributed by atoms with Crippen LogP contribution in [0.1, 0.15) is 45.8 Å². The third-order valence-corrected chi connectivity index (χ3v) is 4.56. The number of aryl methyl sites for hydroxylation is 1. The Labute approximate surface area is 112 Å². The number of hydrazine groups is 1. The minimum Gasteiger partial charge on any atom is -0.299 e. The molecule has 1 aliphatic heterocycles. The van der Waals surface area contributed by atoms with Gasteiger partial charge in [-0.05, 0) is 44.5 Å². The summed E-state index contributed by atoms with van der Waals surface area (Å²) >= 11 is 1.52. The molecule has 0 saturated carbocycles. The molecule has 1 aromatic heterocycles. The predicted molar refractivity (Wildman–Crippen MR) is 74.5 cm³/mol. The Morgan fingerprint density at radius 3 is 2.67 bits per heavy atom. The van der Waals surface area contributed by atoms with Gasteiger partial charge in [-0.15, -0.1) is 11.3 Å². The lowest BCUT2D eigenvalue weighted by Crippen LogP contribution is -2.29. The number of carbonyl (C=O) groups excluding carboxylic acids is 1. The fourth-order valence-electron chi connectivity index (χ4n) is 2.40. The molecule has 3 N–H and O–H groups in total. The van der Waals surface area contributed by atoms with Crippen molar-refractivity contribution >= 4 is 17.2 Å². The van der Waals surface area contributed by atoms with Crippen LogP contribution < -0.4 is 11.3 Å². The van der Waals surface area contributed by atoms with Crippen LogP contribution in [0, 0.1) is 6.92 Å². The van der Waals surface area contributed by atoms with Crippen LogP contribution in [0.3, 0.4) is 0 Å². The molecule has 18 heavy (non-hydrogen) atoms. The predicted octanol–water partition coefficient (Wildman–Crippen LogP) is 2.04. The molecule has 2 rings (SSSR count). The first-order valence-electron chi connectivity index (χ1n) is 6.53. The van der Waals surface area contributed by atoms with E-state index in [0.29, 0.717) is 4.88 Å². The molecule has 1 aliphatic rings. The van der Waals surface area contributed by atoms with Crippen LogP contribution in [0.2, 0.25) is 0 Å². The molecule has 5 heteroatoms. The molecule has 0 radical (unpaired) electrons. The Kier molecular flexibility index (Phi) is 4.74. The molecule has 1 aromatic rings. The van der Waals surface area contributed by atoms with Gasteiger partial charge in [-0.3, -0.25) is 15.1 Å². The van der Waals surface area contributed by atoms with Gasteiger partial charge in [0.15, 0.2) is 0 Å². The van der Waals surface area contributed by atoms with E-state index in [0.717, 1.165) is 6.54 Å². The van der Waals surface area contributed by atoms with Crippen LogP contribution in [0.4, 0.5) is 0 Å². The van der Waals surface area contributed by atoms with Gasteiger partial charge in [-0.1, -0.05) is 12.8 Å². The van der Waals surface area contributed by atoms with Crippen molar-refractivity contribution in [3.05, 3.63) is 21.4 Å². The van der Waals surface area contributed by atoms with E-state index in [1.54, 1.807) is 0 Å². The third-order valence-electron chi connectivity index (χ3n) is 3.47. The highest BCUT2D eigenvalue weighted by atomic mass is 32.1. The van der Waals surface area contributed by atoms with Crippen molar-refractivity contribution in [2.24, 2.45) is 5.84 Å². The molecular formula is C13H21N3OS. The molecule has 1 fully saturated rings. The summed E-state index contributed by atoms with van der Waals surface area (Å²) in [5.74, 6) is 4.98. The number of nitrogen functional groups attached to an aromatic ring is 1. The summed E-state index contributed by atoms with van der Waals surface area (Å²) in [6, 6.07) is 1.98. The van der Waals surface area contributed by atoms with Crippen molar-refractivity contribution in [1.82, 2.24) is 10.3 Å². The largest absolute Gasteiger partial charge is 0.299 e. The SMILES string of the molecule is Cc1sc(C(=O)NN)cc1CN1CCCCCC1. The monoisotopic (exact) mass is 267 g/mol. The second-order valence-corrected chi connectivity index (χ2v) is 6.11. The van der Waals surface area contributed by atoms with Crippen molar-refractivity contribution in [2.75, 3.05) is 13.1 Å². The lowest BCUT2D eigenvalue weighted by molar-refractivity contribution is 0.0957. The number of nitrogens with two attached hydrogens (primary N) is 1. The number of carbonyl (C=O) groups is 1. The number of thiophene rings is 1. The fraction of sp³-hybridized carbons (Fsp3) is 0.615. The molecule has 0 bridgehead atoms. The highest BCUT2D eigenvalue weighted by molar-refractivity contribution is 7.14. The molecule has 0 aromatic carbocycles. The highest BCUT2D eigenvalue weighted by Crippen LogP contribution is 2.24. The number of rotatable bonds is 3. The van der Waals surface area contributed by atoms with Crippen molar-refractivity contribution in [2.45, 2.75) is 39.2 Å². The maximum atomic E-state index is 11.5. The molecule has 1 saturated heterocycles. The minimum absolute atomic E-state index is 0.190. The Bertz CT molecular complexity index is 408. The zero-order chi connectivity index (χ0) is 13.0. The molecule has 0 atom stereocenters. The number of nitrogens with one attached hydrogen (secondary N) is 1. The molecule has 4 nitrogen and oxygen atoms in total.